The first-order valence-electron chi connectivity index (χ1n) is 11.4. The number of piperazine rings is 1. The zero-order valence-electron chi connectivity index (χ0n) is 18.6. The van der Waals surface area contributed by atoms with E-state index in [-0.39, 0.29) is 22.2 Å². The Hall–Kier alpha value is -2.81. The molecule has 2 aromatic heterocycles. The van der Waals surface area contributed by atoms with Gasteiger partial charge < -0.3 is 15.2 Å². The number of amides is 1. The van der Waals surface area contributed by atoms with Crippen LogP contribution in [0.25, 0.3) is 0 Å². The lowest BCUT2D eigenvalue weighted by molar-refractivity contribution is 0.00390. The van der Waals surface area contributed by atoms with Crippen LogP contribution in [0.4, 0.5) is 10.1 Å². The van der Waals surface area contributed by atoms with Gasteiger partial charge in [-0.25, -0.2) is 9.97 Å². The molecule has 2 N–H and O–H groups in total. The minimum Gasteiger partial charge on any atom is -0.365 e. The molecule has 1 saturated heterocycles. The van der Waals surface area contributed by atoms with Crippen molar-refractivity contribution in [3.8, 4) is 0 Å². The highest BCUT2D eigenvalue weighted by molar-refractivity contribution is 5.92. The number of halogens is 1. The molecule has 1 amide bonds. The average molecular weight is 441 g/mol. The van der Waals surface area contributed by atoms with E-state index >= 15 is 0 Å². The van der Waals surface area contributed by atoms with Gasteiger partial charge >= 0.3 is 0 Å². The summed E-state index contributed by atoms with van der Waals surface area (Å²) in [7, 11) is 1.50. The number of aromatic nitrogens is 3. The molecule has 32 heavy (non-hydrogen) atoms. The average Bonchev–Trinajstić information content (AvgIpc) is 3.37. The van der Waals surface area contributed by atoms with E-state index < -0.39 is 11.9 Å². The Bertz CT molecular complexity index is 1100. The molecule has 3 saturated carbocycles. The second-order valence-corrected chi connectivity index (χ2v) is 9.36. The maximum absolute atomic E-state index is 14.6. The summed E-state index contributed by atoms with van der Waals surface area (Å²) in [5.41, 5.74) is 1.41. The number of aryl methyl sites for hydroxylation is 1. The number of rotatable bonds is 5. The molecule has 6 rings (SSSR count). The van der Waals surface area contributed by atoms with Crippen LogP contribution in [0.5, 0.6) is 0 Å². The standard InChI is InChI=1S/C23H29FN6O2/c1-3-15-12-26-21(28-19(15)31)22-6-7-23(13-22,14-22)30-10-8-29(9-11-30)17-5-4-16(20(32)25-2)27-18(17)24/h4-5,12H,3,6-11,13-14H2,1-2H3,(H,25,32)(H,26,28,31). The van der Waals surface area contributed by atoms with Crippen LogP contribution in [-0.4, -0.2) is 64.5 Å². The second kappa shape index (κ2) is 7.65. The van der Waals surface area contributed by atoms with Gasteiger partial charge in [0.25, 0.3) is 11.5 Å². The molecule has 170 valence electrons. The summed E-state index contributed by atoms with van der Waals surface area (Å²) in [6.07, 6.45) is 6.60. The number of nitrogens with zero attached hydrogens (tertiary/aromatic N) is 4. The minimum absolute atomic E-state index is 0.00568. The predicted molar refractivity (Wildman–Crippen MR) is 118 cm³/mol. The van der Waals surface area contributed by atoms with Crippen LogP contribution >= 0.6 is 0 Å². The molecule has 4 fully saturated rings. The first kappa shape index (κ1) is 21.1. The number of H-pyrrole nitrogens is 1. The Labute approximate surface area is 186 Å². The molecule has 0 spiro atoms. The lowest BCUT2D eigenvalue weighted by Crippen LogP contribution is -2.62. The van der Waals surface area contributed by atoms with Gasteiger partial charge in [0.05, 0.1) is 5.69 Å². The van der Waals surface area contributed by atoms with Crippen molar-refractivity contribution in [1.82, 2.24) is 25.2 Å². The lowest BCUT2D eigenvalue weighted by Gasteiger charge is -2.55. The van der Waals surface area contributed by atoms with Crippen molar-refractivity contribution in [3.05, 3.63) is 51.7 Å². The number of nitrogens with one attached hydrogen (secondary N) is 2. The molecule has 9 heteroatoms. The van der Waals surface area contributed by atoms with Crippen molar-refractivity contribution in [2.45, 2.75) is 50.0 Å². The molecule has 0 aromatic carbocycles. The number of carbonyl (C=O) groups excluding carboxylic acids is 1. The zero-order valence-corrected chi connectivity index (χ0v) is 18.6. The Morgan fingerprint density at radius 3 is 2.59 bits per heavy atom. The maximum Gasteiger partial charge on any atom is 0.269 e. The fourth-order valence-electron chi connectivity index (χ4n) is 5.98. The summed E-state index contributed by atoms with van der Waals surface area (Å²) in [5, 5.41) is 2.46. The third-order valence-electron chi connectivity index (χ3n) is 7.74. The molecule has 3 aliphatic carbocycles. The Kier molecular flexibility index (Phi) is 5.03. The van der Waals surface area contributed by atoms with E-state index in [1.165, 1.54) is 7.05 Å². The number of aromatic amines is 1. The first-order chi connectivity index (χ1) is 15.4. The van der Waals surface area contributed by atoms with E-state index in [1.807, 2.05) is 11.8 Å². The number of anilines is 1. The van der Waals surface area contributed by atoms with Crippen LogP contribution in [0, 0.1) is 5.95 Å². The molecule has 4 aliphatic rings. The molecule has 3 heterocycles. The summed E-state index contributed by atoms with van der Waals surface area (Å²) in [6, 6.07) is 3.21. The minimum atomic E-state index is -0.605. The highest BCUT2D eigenvalue weighted by atomic mass is 19.1. The van der Waals surface area contributed by atoms with Gasteiger partial charge in [-0.05, 0) is 44.2 Å². The Balaban J connectivity index is 1.24. The van der Waals surface area contributed by atoms with Crippen molar-refractivity contribution in [1.29, 1.82) is 0 Å². The van der Waals surface area contributed by atoms with Gasteiger partial charge in [0.2, 0.25) is 5.95 Å². The molecule has 2 bridgehead atoms. The van der Waals surface area contributed by atoms with Gasteiger partial charge in [0.15, 0.2) is 0 Å². The quantitative estimate of drug-likeness (QED) is 0.686. The van der Waals surface area contributed by atoms with Gasteiger partial charge in [0, 0.05) is 55.9 Å². The van der Waals surface area contributed by atoms with Crippen LogP contribution in [0.1, 0.15) is 54.5 Å². The fourth-order valence-corrected chi connectivity index (χ4v) is 5.98. The van der Waals surface area contributed by atoms with Crippen molar-refractivity contribution >= 4 is 11.6 Å². The van der Waals surface area contributed by atoms with E-state index in [0.717, 1.165) is 50.2 Å². The van der Waals surface area contributed by atoms with Gasteiger partial charge in [-0.2, -0.15) is 4.39 Å². The largest absolute Gasteiger partial charge is 0.365 e. The highest BCUT2D eigenvalue weighted by Gasteiger charge is 2.64. The van der Waals surface area contributed by atoms with Crippen molar-refractivity contribution in [3.63, 3.8) is 0 Å². The summed E-state index contributed by atoms with van der Waals surface area (Å²) in [4.78, 5) is 40.0. The molecule has 8 nitrogen and oxygen atoms in total. The Morgan fingerprint density at radius 2 is 1.97 bits per heavy atom. The molecule has 0 unspecified atom stereocenters. The number of carbonyl (C=O) groups is 1. The van der Waals surface area contributed by atoms with Gasteiger partial charge in [-0.3, -0.25) is 14.5 Å². The van der Waals surface area contributed by atoms with Crippen molar-refractivity contribution in [2.24, 2.45) is 0 Å². The van der Waals surface area contributed by atoms with Crippen LogP contribution in [0.3, 0.4) is 0 Å². The van der Waals surface area contributed by atoms with E-state index in [2.05, 4.69) is 25.2 Å². The lowest BCUT2D eigenvalue weighted by atomic mass is 9.63. The van der Waals surface area contributed by atoms with Crippen molar-refractivity contribution < 1.29 is 9.18 Å². The van der Waals surface area contributed by atoms with E-state index in [4.69, 9.17) is 0 Å². The summed E-state index contributed by atoms with van der Waals surface area (Å²) >= 11 is 0. The topological polar surface area (TPSA) is 94.2 Å². The molecular formula is C23H29FN6O2. The second-order valence-electron chi connectivity index (χ2n) is 9.36. The van der Waals surface area contributed by atoms with Gasteiger partial charge in [-0.1, -0.05) is 6.92 Å². The van der Waals surface area contributed by atoms with Crippen LogP contribution in [0.2, 0.25) is 0 Å². The highest BCUT2D eigenvalue weighted by Crippen LogP contribution is 2.64. The first-order valence-corrected chi connectivity index (χ1v) is 11.4. The molecule has 1 aliphatic heterocycles. The van der Waals surface area contributed by atoms with Crippen LogP contribution < -0.4 is 15.8 Å². The fraction of sp³-hybridized carbons (Fsp3) is 0.565. The smallest absolute Gasteiger partial charge is 0.269 e. The maximum atomic E-state index is 14.6. The van der Waals surface area contributed by atoms with Crippen LogP contribution in [0.15, 0.2) is 23.1 Å². The molecular weight excluding hydrogens is 411 g/mol. The van der Waals surface area contributed by atoms with E-state index in [0.29, 0.717) is 25.2 Å². The summed E-state index contributed by atoms with van der Waals surface area (Å²) < 4.78 is 14.6. The Morgan fingerprint density at radius 1 is 1.22 bits per heavy atom. The molecule has 0 atom stereocenters. The number of hydrogen-bond donors (Lipinski definition) is 2. The van der Waals surface area contributed by atoms with E-state index in [1.54, 1.807) is 18.3 Å². The number of pyridine rings is 1. The predicted octanol–water partition coefficient (Wildman–Crippen LogP) is 1.61. The SMILES string of the molecule is CCc1cnc(C23CCC(N4CCN(c5ccc(C(=O)NC)nc5F)CC4)(C2)C3)[nH]c1=O. The van der Waals surface area contributed by atoms with Crippen LogP contribution in [-0.2, 0) is 11.8 Å². The monoisotopic (exact) mass is 440 g/mol. The molecule has 0 radical (unpaired) electrons. The van der Waals surface area contributed by atoms with Gasteiger partial charge in [0.1, 0.15) is 11.5 Å². The number of hydrogen-bond acceptors (Lipinski definition) is 6. The summed E-state index contributed by atoms with van der Waals surface area (Å²) in [5.74, 6) is -0.156. The van der Waals surface area contributed by atoms with E-state index in [9.17, 15) is 14.0 Å². The third-order valence-corrected chi connectivity index (χ3v) is 7.74. The molecule has 2 aromatic rings. The normalized spacial score (nSPS) is 27.3. The zero-order chi connectivity index (χ0) is 22.5. The third kappa shape index (κ3) is 3.21. The number of fused-ring (bicyclic) bond motifs is 1. The summed E-state index contributed by atoms with van der Waals surface area (Å²) in [6.45, 7) is 5.10. The van der Waals surface area contributed by atoms with Crippen molar-refractivity contribution in [2.75, 3.05) is 38.1 Å². The van der Waals surface area contributed by atoms with Gasteiger partial charge in [-0.15, -0.1) is 0 Å².